The van der Waals surface area contributed by atoms with E-state index >= 15 is 0 Å². The second-order valence-electron chi connectivity index (χ2n) is 6.17. The van der Waals surface area contributed by atoms with Gasteiger partial charge in [-0.15, -0.1) is 0 Å². The number of amides is 1. The fourth-order valence-electron chi connectivity index (χ4n) is 3.50. The maximum atomic E-state index is 12.5. The first-order valence-electron chi connectivity index (χ1n) is 7.32. The van der Waals surface area contributed by atoms with Crippen LogP contribution in [0.3, 0.4) is 0 Å². The minimum atomic E-state index is -1.30. The van der Waals surface area contributed by atoms with Crippen LogP contribution < -0.4 is 0 Å². The summed E-state index contributed by atoms with van der Waals surface area (Å²) in [6.07, 6.45) is 0.150. The Kier molecular flexibility index (Phi) is 3.27. The summed E-state index contributed by atoms with van der Waals surface area (Å²) in [5.41, 5.74) is -1.30. The monoisotopic (exact) mass is 299 g/mol. The molecule has 4 rings (SSSR count). The quantitative estimate of drug-likeness (QED) is 0.701. The lowest BCUT2D eigenvalue weighted by atomic mass is 9.75. The van der Waals surface area contributed by atoms with E-state index in [1.54, 1.807) is 20.8 Å². The highest BCUT2D eigenvalue weighted by atomic mass is 16.8. The van der Waals surface area contributed by atoms with Crippen LogP contribution in [0.1, 0.15) is 40.5 Å². The third-order valence-corrected chi connectivity index (χ3v) is 4.27. The number of rotatable bonds is 2. The van der Waals surface area contributed by atoms with E-state index in [4.69, 9.17) is 19.0 Å². The molecular formula is C14H21NO6. The highest BCUT2D eigenvalue weighted by Crippen LogP contribution is 2.50. The van der Waals surface area contributed by atoms with Crippen molar-refractivity contribution in [3.8, 4) is 0 Å². The first-order valence-corrected chi connectivity index (χ1v) is 7.32. The van der Waals surface area contributed by atoms with Gasteiger partial charge in [0.25, 0.3) is 0 Å². The average molecular weight is 299 g/mol. The Labute approximate surface area is 123 Å². The summed E-state index contributed by atoms with van der Waals surface area (Å²) < 4.78 is 17.0. The molecule has 4 atom stereocenters. The molecule has 1 amide bonds. The molecule has 1 aliphatic carbocycles. The van der Waals surface area contributed by atoms with E-state index in [1.165, 1.54) is 12.0 Å². The highest BCUT2D eigenvalue weighted by molar-refractivity contribution is 5.82. The number of carbonyl (C=O) groups is 2. The maximum Gasteiger partial charge on any atom is 0.344 e. The smallest absolute Gasteiger partial charge is 0.344 e. The van der Waals surface area contributed by atoms with Gasteiger partial charge in [0.05, 0.1) is 12.6 Å². The molecular weight excluding hydrogens is 278 g/mol. The molecule has 7 nitrogen and oxygen atoms in total. The van der Waals surface area contributed by atoms with Gasteiger partial charge in [-0.05, 0) is 33.6 Å². The van der Waals surface area contributed by atoms with Gasteiger partial charge in [0.1, 0.15) is 12.2 Å². The molecule has 4 aliphatic rings. The van der Waals surface area contributed by atoms with E-state index in [0.29, 0.717) is 12.8 Å². The normalized spacial score (nSPS) is 40.0. The van der Waals surface area contributed by atoms with Crippen molar-refractivity contribution in [2.24, 2.45) is 0 Å². The fourth-order valence-corrected chi connectivity index (χ4v) is 3.50. The summed E-state index contributed by atoms with van der Waals surface area (Å²) in [7, 11) is 0. The van der Waals surface area contributed by atoms with Gasteiger partial charge >= 0.3 is 5.97 Å². The third-order valence-electron chi connectivity index (χ3n) is 4.27. The summed E-state index contributed by atoms with van der Waals surface area (Å²) in [6.45, 7) is 6.98. The summed E-state index contributed by atoms with van der Waals surface area (Å²) in [4.78, 5) is 30.1. The predicted molar refractivity (Wildman–Crippen MR) is 69.8 cm³/mol. The summed E-state index contributed by atoms with van der Waals surface area (Å²) in [6, 6.07) is -0.231. The van der Waals surface area contributed by atoms with Gasteiger partial charge < -0.3 is 14.2 Å². The lowest BCUT2D eigenvalue weighted by molar-refractivity contribution is -0.337. The standard InChI is InChI=1S/C14H21NO6/c1-5-18-12(17)14-7-6-9(15(21-14)8(2)16)10-11(14)20-13(3,4)19-10/h9-11H,5-7H2,1-4H3/t9-,10?,11-,14?/m0/s1. The van der Waals surface area contributed by atoms with E-state index in [-0.39, 0.29) is 24.7 Å². The minimum Gasteiger partial charge on any atom is -0.464 e. The third kappa shape index (κ3) is 2.06. The lowest BCUT2D eigenvalue weighted by Crippen LogP contribution is -2.73. The number of carbonyl (C=O) groups excluding carboxylic acids is 2. The van der Waals surface area contributed by atoms with Crippen LogP contribution in [0.15, 0.2) is 0 Å². The number of hydroxylamine groups is 2. The molecule has 0 N–H and O–H groups in total. The number of ether oxygens (including phenoxy) is 3. The van der Waals surface area contributed by atoms with Gasteiger partial charge in [0.15, 0.2) is 5.79 Å². The van der Waals surface area contributed by atoms with Gasteiger partial charge in [0.2, 0.25) is 11.5 Å². The molecule has 4 fully saturated rings. The molecule has 1 saturated carbocycles. The minimum absolute atomic E-state index is 0.231. The molecule has 118 valence electrons. The Balaban J connectivity index is 2.00. The largest absolute Gasteiger partial charge is 0.464 e. The van der Waals surface area contributed by atoms with Gasteiger partial charge in [0, 0.05) is 6.92 Å². The van der Waals surface area contributed by atoms with Crippen LogP contribution in [-0.4, -0.2) is 53.2 Å². The number of hydrogen-bond acceptors (Lipinski definition) is 6. The lowest BCUT2D eigenvalue weighted by Gasteiger charge is -2.53. The van der Waals surface area contributed by atoms with Crippen molar-refractivity contribution in [1.82, 2.24) is 5.06 Å². The van der Waals surface area contributed by atoms with Crippen LogP contribution in [0.5, 0.6) is 0 Å². The fraction of sp³-hybridized carbons (Fsp3) is 0.857. The van der Waals surface area contributed by atoms with Crippen molar-refractivity contribution < 1.29 is 28.6 Å². The summed E-state index contributed by atoms with van der Waals surface area (Å²) in [5, 5.41) is 1.26. The Hall–Kier alpha value is -1.18. The number of esters is 1. The zero-order valence-corrected chi connectivity index (χ0v) is 12.8. The van der Waals surface area contributed by atoms with Crippen LogP contribution in [0.25, 0.3) is 0 Å². The molecule has 3 heterocycles. The Morgan fingerprint density at radius 3 is 2.67 bits per heavy atom. The molecule has 3 saturated heterocycles. The van der Waals surface area contributed by atoms with Gasteiger partial charge in [-0.25, -0.2) is 14.7 Å². The van der Waals surface area contributed by atoms with Crippen molar-refractivity contribution in [3.05, 3.63) is 0 Å². The first-order chi connectivity index (χ1) is 9.81. The Bertz CT molecular complexity index is 478. The van der Waals surface area contributed by atoms with Crippen LogP contribution in [0, 0.1) is 0 Å². The van der Waals surface area contributed by atoms with Gasteiger partial charge in [-0.1, -0.05) is 0 Å². The van der Waals surface area contributed by atoms with Crippen molar-refractivity contribution in [2.45, 2.75) is 70.2 Å². The molecule has 21 heavy (non-hydrogen) atoms. The van der Waals surface area contributed by atoms with E-state index in [9.17, 15) is 9.59 Å². The molecule has 2 unspecified atom stereocenters. The average Bonchev–Trinajstić information content (AvgIpc) is 2.76. The Morgan fingerprint density at radius 2 is 2.05 bits per heavy atom. The first kappa shape index (κ1) is 14.7. The topological polar surface area (TPSA) is 74.3 Å². The van der Waals surface area contributed by atoms with Gasteiger partial charge in [-0.3, -0.25) is 4.79 Å². The number of hydrogen-bond donors (Lipinski definition) is 0. The second kappa shape index (κ2) is 4.66. The van der Waals surface area contributed by atoms with E-state index in [0.717, 1.165) is 0 Å². The zero-order valence-electron chi connectivity index (χ0n) is 12.8. The number of fused-ring (bicyclic) bond motifs is 2. The molecule has 0 aromatic carbocycles. The van der Waals surface area contributed by atoms with E-state index in [2.05, 4.69) is 0 Å². The predicted octanol–water partition coefficient (Wildman–Crippen LogP) is 0.764. The molecule has 0 radical (unpaired) electrons. The van der Waals surface area contributed by atoms with E-state index < -0.39 is 23.5 Å². The van der Waals surface area contributed by atoms with Crippen molar-refractivity contribution >= 4 is 11.9 Å². The molecule has 7 heteroatoms. The highest BCUT2D eigenvalue weighted by Gasteiger charge is 2.69. The van der Waals surface area contributed by atoms with Crippen molar-refractivity contribution in [2.75, 3.05) is 6.61 Å². The SMILES string of the molecule is CCOC(=O)C12CC[C@@H](C3OC(C)(C)O[C@@H]31)N(C(C)=O)O2. The van der Waals surface area contributed by atoms with Crippen LogP contribution in [0.4, 0.5) is 0 Å². The van der Waals surface area contributed by atoms with E-state index in [1.807, 2.05) is 0 Å². The molecule has 0 aromatic rings. The van der Waals surface area contributed by atoms with Crippen molar-refractivity contribution in [3.63, 3.8) is 0 Å². The molecule has 3 aliphatic heterocycles. The maximum absolute atomic E-state index is 12.5. The van der Waals surface area contributed by atoms with Crippen LogP contribution >= 0.6 is 0 Å². The number of nitrogens with zero attached hydrogens (tertiary/aromatic N) is 1. The zero-order chi connectivity index (χ0) is 15.4. The Morgan fingerprint density at radius 1 is 1.33 bits per heavy atom. The van der Waals surface area contributed by atoms with Crippen molar-refractivity contribution in [1.29, 1.82) is 0 Å². The second-order valence-corrected chi connectivity index (χ2v) is 6.17. The van der Waals surface area contributed by atoms with Crippen LogP contribution in [0.2, 0.25) is 0 Å². The molecule has 0 spiro atoms. The van der Waals surface area contributed by atoms with Gasteiger partial charge in [-0.2, -0.15) is 0 Å². The molecule has 0 aromatic heterocycles. The summed E-state index contributed by atoms with van der Waals surface area (Å²) in [5.74, 6) is -1.56. The molecule has 2 bridgehead atoms. The summed E-state index contributed by atoms with van der Waals surface area (Å²) >= 11 is 0. The van der Waals surface area contributed by atoms with Crippen LogP contribution in [-0.2, 0) is 28.6 Å².